The largest absolute Gasteiger partial charge is 0.381 e. The number of hydrogen-bond acceptors (Lipinski definition) is 1. The average Bonchev–Trinajstić information content (AvgIpc) is 2.42. The summed E-state index contributed by atoms with van der Waals surface area (Å²) < 4.78 is 1.20. The molecule has 0 bridgehead atoms. The molecule has 1 N–H and O–H groups in total. The van der Waals surface area contributed by atoms with Crippen molar-refractivity contribution in [2.24, 2.45) is 0 Å². The number of aryl methyl sites for hydroxylation is 3. The van der Waals surface area contributed by atoms with Crippen molar-refractivity contribution >= 4 is 21.6 Å². The molecule has 2 aromatic rings. The lowest BCUT2D eigenvalue weighted by molar-refractivity contribution is 1.04. The summed E-state index contributed by atoms with van der Waals surface area (Å²) in [7, 11) is 0. The Kier molecular flexibility index (Phi) is 4.65. The molecule has 1 nitrogen and oxygen atoms in total. The molecule has 0 heterocycles. The van der Waals surface area contributed by atoms with Crippen LogP contribution in [-0.4, -0.2) is 0 Å². The molecule has 0 aliphatic carbocycles. The third kappa shape index (κ3) is 3.38. The zero-order valence-corrected chi connectivity index (χ0v) is 13.3. The van der Waals surface area contributed by atoms with Crippen LogP contribution in [0.25, 0.3) is 0 Å². The first-order chi connectivity index (χ1) is 9.11. The van der Waals surface area contributed by atoms with Crippen LogP contribution in [0.1, 0.15) is 29.2 Å². The van der Waals surface area contributed by atoms with Crippen LogP contribution in [0.4, 0.5) is 5.69 Å². The molecular weight excluding hydrogens is 298 g/mol. The SMILES string of the molecule is CCc1ccccc1CNc1cc(C)c(Br)c(C)c1. The van der Waals surface area contributed by atoms with Crippen molar-refractivity contribution in [1.29, 1.82) is 0 Å². The standard InChI is InChI=1S/C17H20BrN/c1-4-14-7-5-6-8-15(14)11-19-16-9-12(2)17(18)13(3)10-16/h5-10,19H,4,11H2,1-3H3. The first kappa shape index (κ1) is 14.1. The van der Waals surface area contributed by atoms with Crippen molar-refractivity contribution in [2.45, 2.75) is 33.7 Å². The van der Waals surface area contributed by atoms with Crippen LogP contribution in [0.3, 0.4) is 0 Å². The van der Waals surface area contributed by atoms with Gasteiger partial charge in [0.25, 0.3) is 0 Å². The summed E-state index contributed by atoms with van der Waals surface area (Å²) in [5.41, 5.74) is 6.52. The van der Waals surface area contributed by atoms with E-state index in [1.165, 1.54) is 32.4 Å². The smallest absolute Gasteiger partial charge is 0.0403 e. The van der Waals surface area contributed by atoms with Crippen molar-refractivity contribution in [3.63, 3.8) is 0 Å². The fraction of sp³-hybridized carbons (Fsp3) is 0.294. The number of halogens is 1. The number of benzene rings is 2. The molecule has 0 saturated heterocycles. The predicted octanol–water partition coefficient (Wildman–Crippen LogP) is 5.24. The van der Waals surface area contributed by atoms with Gasteiger partial charge in [-0.1, -0.05) is 47.1 Å². The molecule has 100 valence electrons. The summed E-state index contributed by atoms with van der Waals surface area (Å²) in [5.74, 6) is 0. The Morgan fingerprint density at radius 1 is 1.00 bits per heavy atom. The summed E-state index contributed by atoms with van der Waals surface area (Å²) in [6, 6.07) is 13.0. The van der Waals surface area contributed by atoms with E-state index >= 15 is 0 Å². The van der Waals surface area contributed by atoms with E-state index in [1.807, 2.05) is 0 Å². The molecule has 0 unspecified atom stereocenters. The highest BCUT2D eigenvalue weighted by Crippen LogP contribution is 2.25. The first-order valence-electron chi connectivity index (χ1n) is 6.69. The fourth-order valence-corrected chi connectivity index (χ4v) is 2.55. The molecule has 2 heteroatoms. The van der Waals surface area contributed by atoms with Gasteiger partial charge in [0.2, 0.25) is 0 Å². The van der Waals surface area contributed by atoms with E-state index in [0.717, 1.165) is 13.0 Å². The van der Waals surface area contributed by atoms with Gasteiger partial charge in [0.15, 0.2) is 0 Å². The molecule has 0 aromatic heterocycles. The molecule has 0 radical (unpaired) electrons. The third-order valence-electron chi connectivity index (χ3n) is 3.42. The van der Waals surface area contributed by atoms with Gasteiger partial charge < -0.3 is 5.32 Å². The van der Waals surface area contributed by atoms with Gasteiger partial charge in [-0.05, 0) is 54.7 Å². The molecule has 0 aliphatic rings. The van der Waals surface area contributed by atoms with Crippen LogP contribution in [0, 0.1) is 13.8 Å². The summed E-state index contributed by atoms with van der Waals surface area (Å²) in [5, 5.41) is 3.52. The zero-order valence-electron chi connectivity index (χ0n) is 11.8. The molecule has 2 aromatic carbocycles. The van der Waals surface area contributed by atoms with E-state index in [9.17, 15) is 0 Å². The average molecular weight is 318 g/mol. The summed E-state index contributed by atoms with van der Waals surface area (Å²) in [6.07, 6.45) is 1.08. The molecule has 0 spiro atoms. The van der Waals surface area contributed by atoms with E-state index in [1.54, 1.807) is 0 Å². The van der Waals surface area contributed by atoms with E-state index in [-0.39, 0.29) is 0 Å². The quantitative estimate of drug-likeness (QED) is 0.813. The van der Waals surface area contributed by atoms with Gasteiger partial charge in [-0.3, -0.25) is 0 Å². The lowest BCUT2D eigenvalue weighted by Gasteiger charge is -2.12. The molecule has 2 rings (SSSR count). The van der Waals surface area contributed by atoms with Gasteiger partial charge in [-0.2, -0.15) is 0 Å². The normalized spacial score (nSPS) is 10.5. The lowest BCUT2D eigenvalue weighted by atomic mass is 10.1. The van der Waals surface area contributed by atoms with Crippen LogP contribution in [0.15, 0.2) is 40.9 Å². The van der Waals surface area contributed by atoms with Crippen molar-refractivity contribution < 1.29 is 0 Å². The molecule has 0 fully saturated rings. The molecule has 0 aliphatic heterocycles. The van der Waals surface area contributed by atoms with Gasteiger partial charge in [0.1, 0.15) is 0 Å². The van der Waals surface area contributed by atoms with Gasteiger partial charge in [-0.25, -0.2) is 0 Å². The maximum atomic E-state index is 3.60. The van der Waals surface area contributed by atoms with Crippen molar-refractivity contribution in [3.8, 4) is 0 Å². The maximum absolute atomic E-state index is 3.60. The molecular formula is C17H20BrN. The van der Waals surface area contributed by atoms with Crippen molar-refractivity contribution in [2.75, 3.05) is 5.32 Å². The minimum atomic E-state index is 0.879. The summed E-state index contributed by atoms with van der Waals surface area (Å²) in [6.45, 7) is 7.34. The van der Waals surface area contributed by atoms with E-state index in [0.29, 0.717) is 0 Å². The van der Waals surface area contributed by atoms with Crippen LogP contribution in [0.2, 0.25) is 0 Å². The second-order valence-electron chi connectivity index (χ2n) is 4.90. The van der Waals surface area contributed by atoms with Crippen LogP contribution in [-0.2, 0) is 13.0 Å². The van der Waals surface area contributed by atoms with Gasteiger partial charge in [0.05, 0.1) is 0 Å². The van der Waals surface area contributed by atoms with E-state index in [4.69, 9.17) is 0 Å². The zero-order chi connectivity index (χ0) is 13.8. The van der Waals surface area contributed by atoms with Gasteiger partial charge in [0, 0.05) is 16.7 Å². The Morgan fingerprint density at radius 2 is 1.58 bits per heavy atom. The monoisotopic (exact) mass is 317 g/mol. The number of hydrogen-bond donors (Lipinski definition) is 1. The Labute approximate surface area is 124 Å². The lowest BCUT2D eigenvalue weighted by Crippen LogP contribution is -2.03. The molecule has 0 atom stereocenters. The number of rotatable bonds is 4. The van der Waals surface area contributed by atoms with Crippen LogP contribution in [0.5, 0.6) is 0 Å². The van der Waals surface area contributed by atoms with Crippen molar-refractivity contribution in [1.82, 2.24) is 0 Å². The topological polar surface area (TPSA) is 12.0 Å². The Bertz CT molecular complexity index is 552. The number of anilines is 1. The van der Waals surface area contributed by atoms with Crippen LogP contribution >= 0.6 is 15.9 Å². The minimum absolute atomic E-state index is 0.879. The predicted molar refractivity (Wildman–Crippen MR) is 86.8 cm³/mol. The Morgan fingerprint density at radius 3 is 2.16 bits per heavy atom. The van der Waals surface area contributed by atoms with Gasteiger partial charge in [-0.15, -0.1) is 0 Å². The second kappa shape index (κ2) is 6.25. The molecule has 0 saturated carbocycles. The van der Waals surface area contributed by atoms with E-state index in [2.05, 4.69) is 78.4 Å². The summed E-state index contributed by atoms with van der Waals surface area (Å²) >= 11 is 3.60. The van der Waals surface area contributed by atoms with E-state index < -0.39 is 0 Å². The summed E-state index contributed by atoms with van der Waals surface area (Å²) in [4.78, 5) is 0. The Hall–Kier alpha value is -1.28. The third-order valence-corrected chi connectivity index (χ3v) is 4.67. The number of nitrogens with one attached hydrogen (secondary N) is 1. The molecule has 0 amide bonds. The second-order valence-corrected chi connectivity index (χ2v) is 5.69. The molecule has 19 heavy (non-hydrogen) atoms. The maximum Gasteiger partial charge on any atom is 0.0403 e. The van der Waals surface area contributed by atoms with Gasteiger partial charge >= 0.3 is 0 Å². The highest BCUT2D eigenvalue weighted by Gasteiger charge is 2.03. The minimum Gasteiger partial charge on any atom is -0.381 e. The van der Waals surface area contributed by atoms with Crippen molar-refractivity contribution in [3.05, 3.63) is 63.1 Å². The first-order valence-corrected chi connectivity index (χ1v) is 7.48. The Balaban J connectivity index is 2.15. The highest BCUT2D eigenvalue weighted by atomic mass is 79.9. The fourth-order valence-electron chi connectivity index (χ4n) is 2.32. The highest BCUT2D eigenvalue weighted by molar-refractivity contribution is 9.10. The van der Waals surface area contributed by atoms with Crippen LogP contribution < -0.4 is 5.32 Å².